The minimum absolute atomic E-state index is 0. The third kappa shape index (κ3) is 5.37. The van der Waals surface area contributed by atoms with Crippen LogP contribution in [0.1, 0.15) is 32.3 Å². The number of halogens is 5. The highest BCUT2D eigenvalue weighted by Crippen LogP contribution is 2.36. The van der Waals surface area contributed by atoms with E-state index >= 15 is 0 Å². The maximum atomic E-state index is 12.7. The topological polar surface area (TPSA) is 55.1 Å². The molecule has 0 heterocycles. The van der Waals surface area contributed by atoms with Gasteiger partial charge in [-0.25, -0.2) is 0 Å². The van der Waals surface area contributed by atoms with Gasteiger partial charge >= 0.3 is 6.18 Å². The molecule has 0 aliphatic rings. The van der Waals surface area contributed by atoms with E-state index in [4.69, 9.17) is 17.3 Å². The fraction of sp³-hybridized carbons (Fsp3) is 0.462. The van der Waals surface area contributed by atoms with Crippen LogP contribution in [-0.4, -0.2) is 11.4 Å². The summed E-state index contributed by atoms with van der Waals surface area (Å²) in [5.41, 5.74) is 3.70. The van der Waals surface area contributed by atoms with Gasteiger partial charge < -0.3 is 11.1 Å². The molecule has 0 saturated heterocycles. The molecule has 8 heteroatoms. The number of nitrogens with two attached hydrogens (primary N) is 1. The van der Waals surface area contributed by atoms with E-state index in [9.17, 15) is 18.0 Å². The predicted molar refractivity (Wildman–Crippen MR) is 79.8 cm³/mol. The van der Waals surface area contributed by atoms with Gasteiger partial charge in [0.05, 0.1) is 16.1 Å². The predicted octanol–water partition coefficient (Wildman–Crippen LogP) is 4.24. The summed E-state index contributed by atoms with van der Waals surface area (Å²) in [6, 6.07) is 3.19. The Bertz CT molecular complexity index is 505. The van der Waals surface area contributed by atoms with Gasteiger partial charge in [-0.05, 0) is 31.5 Å². The number of carbonyl (C=O) groups is 1. The number of amides is 1. The van der Waals surface area contributed by atoms with E-state index in [-0.39, 0.29) is 18.1 Å². The molecule has 1 aromatic rings. The normalized spacial score (nSPS) is 14.0. The van der Waals surface area contributed by atoms with Crippen molar-refractivity contribution in [1.82, 2.24) is 0 Å². The van der Waals surface area contributed by atoms with Crippen LogP contribution in [-0.2, 0) is 11.0 Å². The lowest BCUT2D eigenvalue weighted by atomic mass is 9.96. The summed E-state index contributed by atoms with van der Waals surface area (Å²) in [7, 11) is 0. The molecule has 0 spiro atoms. The zero-order valence-electron chi connectivity index (χ0n) is 11.6. The van der Waals surface area contributed by atoms with Gasteiger partial charge in [-0.2, -0.15) is 13.2 Å². The van der Waals surface area contributed by atoms with Gasteiger partial charge in [0, 0.05) is 5.69 Å². The Morgan fingerprint density at radius 2 is 1.95 bits per heavy atom. The summed E-state index contributed by atoms with van der Waals surface area (Å²) < 4.78 is 38.1. The molecule has 0 fully saturated rings. The number of hydrogen-bond acceptors (Lipinski definition) is 2. The fourth-order valence-corrected chi connectivity index (χ4v) is 1.95. The molecule has 1 aromatic carbocycles. The quantitative estimate of drug-likeness (QED) is 0.858. The van der Waals surface area contributed by atoms with Crippen molar-refractivity contribution in [1.29, 1.82) is 0 Å². The average molecular weight is 345 g/mol. The summed E-state index contributed by atoms with van der Waals surface area (Å²) >= 11 is 5.50. The van der Waals surface area contributed by atoms with Crippen LogP contribution in [0.15, 0.2) is 18.2 Å². The number of alkyl halides is 3. The second-order valence-corrected chi connectivity index (χ2v) is 5.22. The van der Waals surface area contributed by atoms with Crippen LogP contribution in [0.4, 0.5) is 18.9 Å². The lowest BCUT2D eigenvalue weighted by Crippen LogP contribution is -2.48. The molecule has 3 N–H and O–H groups in total. The highest BCUT2D eigenvalue weighted by atomic mass is 35.5. The largest absolute Gasteiger partial charge is 0.417 e. The Morgan fingerprint density at radius 3 is 2.43 bits per heavy atom. The molecule has 1 atom stereocenters. The van der Waals surface area contributed by atoms with Gasteiger partial charge in [0.2, 0.25) is 5.91 Å². The van der Waals surface area contributed by atoms with Crippen LogP contribution in [0.25, 0.3) is 0 Å². The lowest BCUT2D eigenvalue weighted by Gasteiger charge is -2.23. The minimum atomic E-state index is -4.58. The van der Waals surface area contributed by atoms with E-state index < -0.39 is 28.2 Å². The Morgan fingerprint density at radius 1 is 1.38 bits per heavy atom. The second-order valence-electron chi connectivity index (χ2n) is 4.81. The first-order valence-electron chi connectivity index (χ1n) is 6.05. The number of carbonyl (C=O) groups excluding carboxylic acids is 1. The van der Waals surface area contributed by atoms with E-state index in [0.717, 1.165) is 12.1 Å². The summed E-state index contributed by atoms with van der Waals surface area (Å²) in [6.45, 7) is 3.40. The van der Waals surface area contributed by atoms with E-state index in [1.807, 2.05) is 6.92 Å². The molecular formula is C13H17Cl2F3N2O. The maximum absolute atomic E-state index is 12.7. The average Bonchev–Trinajstić information content (AvgIpc) is 2.30. The molecule has 21 heavy (non-hydrogen) atoms. The molecule has 0 radical (unpaired) electrons. The Labute approximate surface area is 132 Å². The smallest absolute Gasteiger partial charge is 0.324 e. The van der Waals surface area contributed by atoms with E-state index in [1.54, 1.807) is 0 Å². The number of nitrogens with one attached hydrogen (secondary N) is 1. The van der Waals surface area contributed by atoms with E-state index in [2.05, 4.69) is 5.32 Å². The summed E-state index contributed by atoms with van der Waals surface area (Å²) in [4.78, 5) is 11.9. The van der Waals surface area contributed by atoms with Crippen LogP contribution in [0.2, 0.25) is 5.02 Å². The molecule has 0 aromatic heterocycles. The van der Waals surface area contributed by atoms with Gasteiger partial charge in [0.15, 0.2) is 0 Å². The van der Waals surface area contributed by atoms with Crippen molar-refractivity contribution in [3.8, 4) is 0 Å². The van der Waals surface area contributed by atoms with E-state index in [1.165, 1.54) is 13.0 Å². The Hall–Kier alpha value is -0.980. The van der Waals surface area contributed by atoms with Crippen molar-refractivity contribution in [2.45, 2.75) is 38.4 Å². The standard InChI is InChI=1S/C13H16ClF3N2O.ClH/c1-3-6-12(2,18)11(20)19-8-4-5-10(14)9(7-8)13(15,16)17;/h4-5,7H,3,6,18H2,1-2H3,(H,19,20);1H. The van der Waals surface area contributed by atoms with E-state index in [0.29, 0.717) is 12.8 Å². The monoisotopic (exact) mass is 344 g/mol. The van der Waals surface area contributed by atoms with Gasteiger partial charge in [-0.1, -0.05) is 24.9 Å². The highest BCUT2D eigenvalue weighted by Gasteiger charge is 2.34. The van der Waals surface area contributed by atoms with Gasteiger partial charge in [0.25, 0.3) is 0 Å². The summed E-state index contributed by atoms with van der Waals surface area (Å²) in [5, 5.41) is 1.97. The third-order valence-corrected chi connectivity index (χ3v) is 3.15. The van der Waals surface area contributed by atoms with Gasteiger partial charge in [-0.3, -0.25) is 4.79 Å². The molecular weight excluding hydrogens is 328 g/mol. The van der Waals surface area contributed by atoms with Crippen molar-refractivity contribution in [3.05, 3.63) is 28.8 Å². The lowest BCUT2D eigenvalue weighted by molar-refractivity contribution is -0.137. The van der Waals surface area contributed by atoms with Crippen LogP contribution >= 0.6 is 24.0 Å². The number of hydrogen-bond donors (Lipinski definition) is 2. The number of rotatable bonds is 4. The molecule has 1 rings (SSSR count). The zero-order chi connectivity index (χ0) is 15.6. The Kier molecular flexibility index (Phi) is 6.99. The first-order chi connectivity index (χ1) is 9.08. The number of benzene rings is 1. The van der Waals surface area contributed by atoms with Gasteiger partial charge in [-0.15, -0.1) is 12.4 Å². The first-order valence-corrected chi connectivity index (χ1v) is 6.43. The molecule has 0 aliphatic carbocycles. The van der Waals surface area contributed by atoms with Gasteiger partial charge in [0.1, 0.15) is 0 Å². The fourth-order valence-electron chi connectivity index (χ4n) is 1.73. The molecule has 3 nitrogen and oxygen atoms in total. The van der Waals surface area contributed by atoms with Crippen LogP contribution < -0.4 is 11.1 Å². The third-order valence-electron chi connectivity index (χ3n) is 2.82. The molecule has 1 amide bonds. The van der Waals surface area contributed by atoms with Crippen LogP contribution in [0.3, 0.4) is 0 Å². The van der Waals surface area contributed by atoms with Crippen molar-refractivity contribution < 1.29 is 18.0 Å². The molecule has 120 valence electrons. The number of anilines is 1. The molecule has 0 bridgehead atoms. The molecule has 0 saturated carbocycles. The van der Waals surface area contributed by atoms with Crippen molar-refractivity contribution >= 4 is 35.6 Å². The van der Waals surface area contributed by atoms with Crippen molar-refractivity contribution in [2.24, 2.45) is 5.73 Å². The van der Waals surface area contributed by atoms with Crippen LogP contribution in [0.5, 0.6) is 0 Å². The first kappa shape index (κ1) is 20.0. The Balaban J connectivity index is 0.00000400. The molecule has 1 unspecified atom stereocenters. The van der Waals surface area contributed by atoms with Crippen LogP contribution in [0, 0.1) is 0 Å². The SMILES string of the molecule is CCCC(C)(N)C(=O)Nc1ccc(Cl)c(C(F)(F)F)c1.Cl. The van der Waals surface area contributed by atoms with Crippen molar-refractivity contribution in [3.63, 3.8) is 0 Å². The van der Waals surface area contributed by atoms with Crippen molar-refractivity contribution in [2.75, 3.05) is 5.32 Å². The minimum Gasteiger partial charge on any atom is -0.324 e. The molecule has 0 aliphatic heterocycles. The second kappa shape index (κ2) is 7.33. The maximum Gasteiger partial charge on any atom is 0.417 e. The summed E-state index contributed by atoms with van der Waals surface area (Å²) in [5.74, 6) is -0.533. The summed E-state index contributed by atoms with van der Waals surface area (Å²) in [6.07, 6.45) is -3.46. The highest BCUT2D eigenvalue weighted by molar-refractivity contribution is 6.31. The zero-order valence-corrected chi connectivity index (χ0v) is 13.1.